The van der Waals surface area contributed by atoms with E-state index in [4.69, 9.17) is 4.98 Å². The molecule has 0 radical (unpaired) electrons. The topological polar surface area (TPSA) is 53.5 Å². The molecule has 2 amide bonds. The molecule has 0 unspecified atom stereocenters. The van der Waals surface area contributed by atoms with Gasteiger partial charge in [0.15, 0.2) is 0 Å². The maximum Gasteiger partial charge on any atom is 0.253 e. The van der Waals surface area contributed by atoms with Crippen LogP contribution in [0.15, 0.2) is 48.5 Å². The first-order valence-electron chi connectivity index (χ1n) is 10.7. The molecule has 0 saturated carbocycles. The zero-order chi connectivity index (χ0) is 20.5. The second-order valence-corrected chi connectivity index (χ2v) is 9.26. The number of aromatic nitrogens is 1. The third kappa shape index (κ3) is 3.84. The van der Waals surface area contributed by atoms with Gasteiger partial charge in [-0.15, -0.1) is 11.3 Å². The summed E-state index contributed by atoms with van der Waals surface area (Å²) < 4.78 is 1.24. The number of carbonyl (C=O) groups excluding carboxylic acids is 2. The van der Waals surface area contributed by atoms with E-state index >= 15 is 0 Å². The van der Waals surface area contributed by atoms with Crippen molar-refractivity contribution in [2.24, 2.45) is 0 Å². The van der Waals surface area contributed by atoms with Gasteiger partial charge in [-0.1, -0.05) is 24.3 Å². The van der Waals surface area contributed by atoms with Crippen molar-refractivity contribution < 1.29 is 9.59 Å². The summed E-state index contributed by atoms with van der Waals surface area (Å²) in [6, 6.07) is 16.0. The minimum absolute atomic E-state index is 0.0987. The van der Waals surface area contributed by atoms with Crippen LogP contribution in [0.5, 0.6) is 0 Å². The Labute approximate surface area is 180 Å². The fourth-order valence-electron chi connectivity index (χ4n) is 4.42. The lowest BCUT2D eigenvalue weighted by atomic mass is 9.97. The molecule has 0 spiro atoms. The molecule has 1 aromatic heterocycles. The highest BCUT2D eigenvalue weighted by Crippen LogP contribution is 2.34. The number of piperidine rings is 1. The lowest BCUT2D eigenvalue weighted by Gasteiger charge is -2.31. The van der Waals surface area contributed by atoms with Crippen molar-refractivity contribution in [3.8, 4) is 0 Å². The summed E-state index contributed by atoms with van der Waals surface area (Å²) in [6.07, 6.45) is 3.52. The highest BCUT2D eigenvalue weighted by Gasteiger charge is 2.26. The summed E-state index contributed by atoms with van der Waals surface area (Å²) in [4.78, 5) is 33.4. The Morgan fingerprint density at radius 3 is 2.50 bits per heavy atom. The highest BCUT2D eigenvalue weighted by atomic mass is 32.1. The minimum Gasteiger partial charge on any atom is -0.339 e. The summed E-state index contributed by atoms with van der Waals surface area (Å²) >= 11 is 1.78. The molecule has 2 fully saturated rings. The van der Waals surface area contributed by atoms with E-state index in [2.05, 4.69) is 18.2 Å². The van der Waals surface area contributed by atoms with Crippen molar-refractivity contribution in [3.63, 3.8) is 0 Å². The van der Waals surface area contributed by atoms with E-state index in [1.165, 1.54) is 9.71 Å². The average Bonchev–Trinajstić information content (AvgIpc) is 3.40. The first-order valence-corrected chi connectivity index (χ1v) is 11.5. The molecule has 2 saturated heterocycles. The van der Waals surface area contributed by atoms with Crippen molar-refractivity contribution in [3.05, 3.63) is 64.7 Å². The number of para-hydroxylation sites is 1. The monoisotopic (exact) mass is 419 g/mol. The summed E-state index contributed by atoms with van der Waals surface area (Å²) in [5, 5.41) is 1.20. The Kier molecular flexibility index (Phi) is 5.25. The van der Waals surface area contributed by atoms with Crippen LogP contribution in [0, 0.1) is 0 Å². The molecule has 2 aliphatic heterocycles. The number of amides is 2. The smallest absolute Gasteiger partial charge is 0.253 e. The second-order valence-electron chi connectivity index (χ2n) is 8.20. The molecule has 0 bridgehead atoms. The van der Waals surface area contributed by atoms with Crippen LogP contribution in [0.3, 0.4) is 0 Å². The number of carbonyl (C=O) groups is 2. The van der Waals surface area contributed by atoms with Gasteiger partial charge in [-0.05, 0) is 49.1 Å². The van der Waals surface area contributed by atoms with Crippen molar-refractivity contribution in [2.45, 2.75) is 38.1 Å². The van der Waals surface area contributed by atoms with Crippen molar-refractivity contribution >= 4 is 33.4 Å². The van der Waals surface area contributed by atoms with E-state index in [0.717, 1.165) is 55.5 Å². The van der Waals surface area contributed by atoms with Crippen LogP contribution in [0.1, 0.15) is 52.5 Å². The minimum atomic E-state index is 0.0987. The highest BCUT2D eigenvalue weighted by molar-refractivity contribution is 7.18. The number of benzene rings is 2. The molecule has 3 aromatic rings. The molecule has 154 valence electrons. The maximum atomic E-state index is 12.9. The number of fused-ring (bicyclic) bond motifs is 1. The van der Waals surface area contributed by atoms with Crippen molar-refractivity contribution in [2.75, 3.05) is 19.6 Å². The van der Waals surface area contributed by atoms with E-state index in [1.807, 2.05) is 40.1 Å². The molecule has 0 aliphatic carbocycles. The van der Waals surface area contributed by atoms with Crippen molar-refractivity contribution in [1.82, 2.24) is 14.8 Å². The second kappa shape index (κ2) is 8.19. The van der Waals surface area contributed by atoms with Gasteiger partial charge in [0.1, 0.15) is 0 Å². The van der Waals surface area contributed by atoms with Gasteiger partial charge in [0, 0.05) is 44.1 Å². The van der Waals surface area contributed by atoms with E-state index in [-0.39, 0.29) is 11.8 Å². The van der Waals surface area contributed by atoms with E-state index < -0.39 is 0 Å². The Bertz CT molecular complexity index is 1030. The van der Waals surface area contributed by atoms with Gasteiger partial charge in [0.2, 0.25) is 5.91 Å². The standard InChI is InChI=1S/C24H25N3O2S/c28-22-6-3-13-27(22)16-17-7-9-19(10-8-17)24(29)26-14-11-18(12-15-26)23-25-20-4-1-2-5-21(20)30-23/h1-2,4-5,7-10,18H,3,6,11-16H2. The van der Waals surface area contributed by atoms with Gasteiger partial charge in [0.25, 0.3) is 5.91 Å². The van der Waals surface area contributed by atoms with Gasteiger partial charge in [-0.25, -0.2) is 4.98 Å². The molecule has 5 nitrogen and oxygen atoms in total. The number of thiazole rings is 1. The Balaban J connectivity index is 1.19. The van der Waals surface area contributed by atoms with E-state index in [9.17, 15) is 9.59 Å². The normalized spacial score (nSPS) is 17.8. The zero-order valence-electron chi connectivity index (χ0n) is 16.9. The van der Waals surface area contributed by atoms with Crippen LogP contribution in [0.25, 0.3) is 10.2 Å². The van der Waals surface area contributed by atoms with Crippen LogP contribution < -0.4 is 0 Å². The van der Waals surface area contributed by atoms with Crippen LogP contribution in [0.2, 0.25) is 0 Å². The van der Waals surface area contributed by atoms with Gasteiger partial charge >= 0.3 is 0 Å². The molecule has 5 rings (SSSR count). The predicted octanol–water partition coefficient (Wildman–Crippen LogP) is 4.44. The van der Waals surface area contributed by atoms with Gasteiger partial charge < -0.3 is 9.80 Å². The molecule has 0 atom stereocenters. The zero-order valence-corrected chi connectivity index (χ0v) is 17.7. The number of likely N-dealkylation sites (tertiary alicyclic amines) is 2. The summed E-state index contributed by atoms with van der Waals surface area (Å²) in [5.74, 6) is 0.763. The van der Waals surface area contributed by atoms with E-state index in [1.54, 1.807) is 11.3 Å². The predicted molar refractivity (Wildman–Crippen MR) is 119 cm³/mol. The molecule has 6 heteroatoms. The Morgan fingerprint density at radius 1 is 1.03 bits per heavy atom. The fraction of sp³-hybridized carbons (Fsp3) is 0.375. The molecule has 30 heavy (non-hydrogen) atoms. The first kappa shape index (κ1) is 19.2. The van der Waals surface area contributed by atoms with Gasteiger partial charge in [-0.2, -0.15) is 0 Å². The molecule has 2 aromatic carbocycles. The van der Waals surface area contributed by atoms with Crippen molar-refractivity contribution in [1.29, 1.82) is 0 Å². The fourth-order valence-corrected chi connectivity index (χ4v) is 5.56. The van der Waals surface area contributed by atoms with Gasteiger partial charge in [0.05, 0.1) is 15.2 Å². The third-order valence-corrected chi connectivity index (χ3v) is 7.39. The van der Waals surface area contributed by atoms with E-state index in [0.29, 0.717) is 18.9 Å². The number of rotatable bonds is 4. The SMILES string of the molecule is O=C1CCCN1Cc1ccc(C(=O)N2CCC(c3nc4ccccc4s3)CC2)cc1. The van der Waals surface area contributed by atoms with Crippen LogP contribution in [0.4, 0.5) is 0 Å². The number of hydrogen-bond donors (Lipinski definition) is 0. The average molecular weight is 420 g/mol. The summed E-state index contributed by atoms with van der Waals surface area (Å²) in [5.41, 5.74) is 2.88. The first-order chi connectivity index (χ1) is 14.7. The molecule has 0 N–H and O–H groups in total. The molecular formula is C24H25N3O2S. The molecule has 3 heterocycles. The lowest BCUT2D eigenvalue weighted by molar-refractivity contribution is -0.128. The molecular weight excluding hydrogens is 394 g/mol. The van der Waals surface area contributed by atoms with Crippen LogP contribution >= 0.6 is 11.3 Å². The number of nitrogens with zero attached hydrogens (tertiary/aromatic N) is 3. The molecule has 2 aliphatic rings. The Hall–Kier alpha value is -2.73. The quantitative estimate of drug-likeness (QED) is 0.628. The van der Waals surface area contributed by atoms with Crippen LogP contribution in [-0.2, 0) is 11.3 Å². The lowest BCUT2D eigenvalue weighted by Crippen LogP contribution is -2.37. The van der Waals surface area contributed by atoms with Gasteiger partial charge in [-0.3, -0.25) is 9.59 Å². The largest absolute Gasteiger partial charge is 0.339 e. The van der Waals surface area contributed by atoms with Crippen LogP contribution in [-0.4, -0.2) is 46.2 Å². The maximum absolute atomic E-state index is 12.9. The Morgan fingerprint density at radius 2 is 1.80 bits per heavy atom. The number of hydrogen-bond acceptors (Lipinski definition) is 4. The third-order valence-electron chi connectivity index (χ3n) is 6.19. The summed E-state index contributed by atoms with van der Waals surface area (Å²) in [7, 11) is 0. The summed E-state index contributed by atoms with van der Waals surface area (Å²) in [6.45, 7) is 3.01.